The summed E-state index contributed by atoms with van der Waals surface area (Å²) in [4.78, 5) is 2.98. The molecule has 0 saturated heterocycles. The summed E-state index contributed by atoms with van der Waals surface area (Å²) in [6.07, 6.45) is 0. The predicted molar refractivity (Wildman–Crippen MR) is 74.1 cm³/mol. The van der Waals surface area contributed by atoms with E-state index >= 15 is 0 Å². The number of anilines is 2. The Balaban J connectivity index is 2.19. The molecule has 0 bridgehead atoms. The molecule has 0 aliphatic carbocycles. The number of para-hydroxylation sites is 2. The molecule has 0 spiro atoms. The molecule has 82 valence electrons. The van der Waals surface area contributed by atoms with Crippen LogP contribution in [0.3, 0.4) is 0 Å². The normalized spacial score (nSPS) is 14.1. The van der Waals surface area contributed by atoms with E-state index in [1.165, 1.54) is 21.2 Å². The molecule has 2 aromatic rings. The number of nitrogens with one attached hydrogen (secondary N) is 1. The van der Waals surface area contributed by atoms with E-state index in [0.717, 1.165) is 0 Å². The Bertz CT molecular complexity index is 484. The van der Waals surface area contributed by atoms with Crippen molar-refractivity contribution in [2.75, 3.05) is 5.32 Å². The molecule has 1 N–H and O–H groups in total. The van der Waals surface area contributed by atoms with Gasteiger partial charge in [0.25, 0.3) is 0 Å². The summed E-state index contributed by atoms with van der Waals surface area (Å²) in [5, 5.41) is 3.53. The number of benzene rings is 2. The van der Waals surface area contributed by atoms with Gasteiger partial charge >= 0.3 is 118 Å². The molecule has 0 atom stereocenters. The van der Waals surface area contributed by atoms with E-state index < -0.39 is 0 Å². The molecule has 0 saturated carbocycles. The van der Waals surface area contributed by atoms with E-state index in [1.807, 2.05) is 0 Å². The summed E-state index contributed by atoms with van der Waals surface area (Å²) in [6.45, 7) is 0. The average Bonchev–Trinajstić information content (AvgIpc) is 2.36. The minimum atomic E-state index is 0.166. The Labute approximate surface area is 116 Å². The number of halogens is 2. The third kappa shape index (κ3) is 1.84. The van der Waals surface area contributed by atoms with Crippen LogP contribution in [0, 0.1) is 0 Å². The van der Waals surface area contributed by atoms with Gasteiger partial charge in [0.2, 0.25) is 0 Å². The van der Waals surface area contributed by atoms with Crippen molar-refractivity contribution < 1.29 is 15.8 Å². The minimum absolute atomic E-state index is 0.166. The van der Waals surface area contributed by atoms with Gasteiger partial charge in [0.15, 0.2) is 0 Å². The first-order valence-electron chi connectivity index (χ1n) is 4.86. The van der Waals surface area contributed by atoms with Crippen molar-refractivity contribution >= 4 is 38.1 Å². The van der Waals surface area contributed by atoms with E-state index in [9.17, 15) is 0 Å². The quantitative estimate of drug-likeness (QED) is 0.505. The molecule has 0 radical (unpaired) electrons. The summed E-state index contributed by atoms with van der Waals surface area (Å²) in [5.41, 5.74) is 2.58. The van der Waals surface area contributed by atoms with Crippen molar-refractivity contribution in [3.63, 3.8) is 0 Å². The van der Waals surface area contributed by atoms with E-state index in [4.69, 9.17) is 0 Å². The molecule has 16 heavy (non-hydrogen) atoms. The molecular formula is C12H9I2NS. The van der Waals surface area contributed by atoms with Crippen molar-refractivity contribution in [1.82, 2.24) is 0 Å². The van der Waals surface area contributed by atoms with Gasteiger partial charge in [-0.2, -0.15) is 0 Å². The number of rotatable bonds is 1. The van der Waals surface area contributed by atoms with E-state index in [-0.39, 0.29) is 15.8 Å². The van der Waals surface area contributed by atoms with Gasteiger partial charge in [-0.15, -0.1) is 0 Å². The van der Waals surface area contributed by atoms with Gasteiger partial charge in [-0.1, -0.05) is 0 Å². The third-order valence-corrected chi connectivity index (χ3v) is 14.6. The first-order chi connectivity index (χ1) is 7.90. The van der Waals surface area contributed by atoms with Crippen molar-refractivity contribution in [3.8, 4) is 0 Å². The Morgan fingerprint density at radius 3 is 1.88 bits per heavy atom. The Kier molecular flexibility index (Phi) is 3.30. The van der Waals surface area contributed by atoms with Gasteiger partial charge in [-0.25, -0.2) is 0 Å². The molecule has 1 aliphatic heterocycles. The van der Waals surface area contributed by atoms with Crippen LogP contribution in [0.15, 0.2) is 58.3 Å². The zero-order chi connectivity index (χ0) is 11.0. The van der Waals surface area contributed by atoms with Gasteiger partial charge < -0.3 is 0 Å². The van der Waals surface area contributed by atoms with E-state index in [1.54, 1.807) is 0 Å². The summed E-state index contributed by atoms with van der Waals surface area (Å²) in [6, 6.07) is 17.4. The van der Waals surface area contributed by atoms with Crippen LogP contribution < -0.4 is 21.2 Å². The van der Waals surface area contributed by atoms with Crippen LogP contribution in [-0.2, 0) is 8.07 Å². The fourth-order valence-corrected chi connectivity index (χ4v) is 13.8. The molecule has 2 aromatic carbocycles. The first-order valence-corrected chi connectivity index (χ1v) is 14.9. The molecule has 1 aliphatic rings. The monoisotopic (exact) mass is 453 g/mol. The fourth-order valence-electron chi connectivity index (χ4n) is 1.78. The van der Waals surface area contributed by atoms with Gasteiger partial charge in [-0.05, 0) is 0 Å². The van der Waals surface area contributed by atoms with E-state index in [2.05, 4.69) is 72.5 Å². The van der Waals surface area contributed by atoms with Crippen LogP contribution in [0.2, 0.25) is 0 Å². The SMILES string of the molecule is I[I-][S+]1c2ccccc2Nc2ccccc21. The molecule has 1 nitrogen and oxygen atoms in total. The summed E-state index contributed by atoms with van der Waals surface area (Å²) in [5.74, 6) is 0. The molecule has 0 aromatic heterocycles. The standard InChI is InChI=1S/C12H9I2NS/c13-14-16-11-7-3-1-5-9(11)15-10-6-2-4-8-12(10)16/h1-8,15H. The zero-order valence-electron chi connectivity index (χ0n) is 8.28. The number of hydrogen-bond acceptors (Lipinski definition) is 1. The van der Waals surface area contributed by atoms with Gasteiger partial charge in [-0.3, -0.25) is 0 Å². The summed E-state index contributed by atoms with van der Waals surface area (Å²) < 4.78 is 0. The predicted octanol–water partition coefficient (Wildman–Crippen LogP) is 1.13. The molecule has 1 heterocycles. The first kappa shape index (κ1) is 11.2. The Morgan fingerprint density at radius 2 is 1.38 bits per heavy atom. The van der Waals surface area contributed by atoms with Crippen LogP contribution in [0.4, 0.5) is 11.4 Å². The van der Waals surface area contributed by atoms with Gasteiger partial charge in [0.1, 0.15) is 0 Å². The van der Waals surface area contributed by atoms with Crippen molar-refractivity contribution in [3.05, 3.63) is 48.5 Å². The Morgan fingerprint density at radius 1 is 0.875 bits per heavy atom. The van der Waals surface area contributed by atoms with Crippen molar-refractivity contribution in [2.24, 2.45) is 0 Å². The topological polar surface area (TPSA) is 12.0 Å². The molecule has 0 fully saturated rings. The van der Waals surface area contributed by atoms with Crippen LogP contribution in [-0.4, -0.2) is 0 Å². The second-order valence-corrected chi connectivity index (χ2v) is 15.3. The fraction of sp³-hybridized carbons (Fsp3) is 0. The maximum atomic E-state index is 3.53. The third-order valence-electron chi connectivity index (χ3n) is 2.49. The average molecular weight is 453 g/mol. The van der Waals surface area contributed by atoms with E-state index in [0.29, 0.717) is 8.07 Å². The summed E-state index contributed by atoms with van der Waals surface area (Å²) in [7, 11) is 0.333. The second-order valence-electron chi connectivity index (χ2n) is 3.43. The molecule has 4 heteroatoms. The zero-order valence-corrected chi connectivity index (χ0v) is 13.4. The maximum absolute atomic E-state index is 3.53. The molecule has 0 amide bonds. The molecule has 3 rings (SSSR count). The Hall–Kier alpha value is 0.0500. The van der Waals surface area contributed by atoms with Crippen LogP contribution in [0.5, 0.6) is 0 Å². The van der Waals surface area contributed by atoms with Crippen molar-refractivity contribution in [1.29, 1.82) is 0 Å². The van der Waals surface area contributed by atoms with Gasteiger partial charge in [0.05, 0.1) is 0 Å². The van der Waals surface area contributed by atoms with Crippen molar-refractivity contribution in [2.45, 2.75) is 9.79 Å². The summed E-state index contributed by atoms with van der Waals surface area (Å²) >= 11 is 2.76. The number of hydrogen-bond donors (Lipinski definition) is 1. The van der Waals surface area contributed by atoms with Crippen LogP contribution >= 0.6 is 18.6 Å². The van der Waals surface area contributed by atoms with Gasteiger partial charge in [0, 0.05) is 0 Å². The second kappa shape index (κ2) is 4.73. The van der Waals surface area contributed by atoms with Crippen LogP contribution in [0.25, 0.3) is 0 Å². The van der Waals surface area contributed by atoms with Crippen LogP contribution in [0.1, 0.15) is 0 Å². The molecule has 0 unspecified atom stereocenters. The number of fused-ring (bicyclic) bond motifs is 2. The molecular weight excluding hydrogens is 444 g/mol.